The molecule has 2 heterocycles. The van der Waals surface area contributed by atoms with Gasteiger partial charge in [0.15, 0.2) is 11.5 Å². The van der Waals surface area contributed by atoms with Crippen LogP contribution in [0.15, 0.2) is 41.3 Å². The molecule has 0 aromatic heterocycles. The predicted octanol–water partition coefficient (Wildman–Crippen LogP) is 2.20. The van der Waals surface area contributed by atoms with Crippen LogP contribution in [-0.2, 0) is 10.0 Å². The van der Waals surface area contributed by atoms with Crippen molar-refractivity contribution in [3.8, 4) is 11.5 Å². The Morgan fingerprint density at radius 3 is 2.23 bits per heavy atom. The fourth-order valence-corrected chi connectivity index (χ4v) is 4.57. The van der Waals surface area contributed by atoms with Gasteiger partial charge in [0.25, 0.3) is 0 Å². The van der Waals surface area contributed by atoms with E-state index in [9.17, 15) is 17.2 Å². The van der Waals surface area contributed by atoms with Crippen LogP contribution in [0.3, 0.4) is 0 Å². The molecular weight excluding hydrogens is 366 g/mol. The van der Waals surface area contributed by atoms with Crippen LogP contribution in [-0.4, -0.2) is 45.7 Å². The number of hydrogen-bond donors (Lipinski definition) is 0. The lowest BCUT2D eigenvalue weighted by Gasteiger charge is -2.35. The summed E-state index contributed by atoms with van der Waals surface area (Å²) in [6.07, 6.45) is 0. The molecule has 2 aromatic carbocycles. The monoisotopic (exact) mass is 382 g/mol. The number of sulfonamides is 1. The van der Waals surface area contributed by atoms with Gasteiger partial charge in [0.1, 0.15) is 17.3 Å². The van der Waals surface area contributed by atoms with Gasteiger partial charge in [-0.3, -0.25) is 0 Å². The van der Waals surface area contributed by atoms with E-state index < -0.39 is 21.7 Å². The van der Waals surface area contributed by atoms with E-state index in [1.807, 2.05) is 0 Å². The third-order valence-electron chi connectivity index (χ3n) is 4.47. The number of halogens is 2. The van der Waals surface area contributed by atoms with Crippen molar-refractivity contribution in [2.75, 3.05) is 37.9 Å². The summed E-state index contributed by atoms with van der Waals surface area (Å²) in [4.78, 5) is 1.63. The van der Waals surface area contributed by atoms with Gasteiger partial charge in [-0.2, -0.15) is 4.31 Å². The normalized spacial score (nSPS) is 17.5. The molecule has 0 N–H and O–H groups in total. The van der Waals surface area contributed by atoms with Crippen molar-refractivity contribution in [3.05, 3.63) is 48.0 Å². The minimum Gasteiger partial charge on any atom is -0.454 e. The second-order valence-electron chi connectivity index (χ2n) is 5.98. The number of benzene rings is 2. The Labute approximate surface area is 149 Å². The Morgan fingerprint density at radius 1 is 0.885 bits per heavy atom. The maximum Gasteiger partial charge on any atom is 0.243 e. The van der Waals surface area contributed by atoms with Crippen molar-refractivity contribution in [1.82, 2.24) is 4.31 Å². The van der Waals surface area contributed by atoms with E-state index in [-0.39, 0.29) is 43.6 Å². The molecule has 138 valence electrons. The highest BCUT2D eigenvalue weighted by atomic mass is 32.2. The second-order valence-corrected chi connectivity index (χ2v) is 7.91. The van der Waals surface area contributed by atoms with Gasteiger partial charge in [-0.05, 0) is 24.3 Å². The summed E-state index contributed by atoms with van der Waals surface area (Å²) in [7, 11) is -3.73. The highest BCUT2D eigenvalue weighted by molar-refractivity contribution is 7.89. The summed E-state index contributed by atoms with van der Waals surface area (Å²) in [6, 6.07) is 8.13. The number of anilines is 1. The first-order valence-electron chi connectivity index (χ1n) is 8.05. The van der Waals surface area contributed by atoms with E-state index in [1.54, 1.807) is 6.07 Å². The van der Waals surface area contributed by atoms with Gasteiger partial charge in [0.05, 0.1) is 4.90 Å². The lowest BCUT2D eigenvalue weighted by Crippen LogP contribution is -2.49. The first kappa shape index (κ1) is 17.0. The molecule has 0 atom stereocenters. The zero-order chi connectivity index (χ0) is 18.3. The molecule has 1 fully saturated rings. The van der Waals surface area contributed by atoms with Crippen molar-refractivity contribution in [3.63, 3.8) is 0 Å². The van der Waals surface area contributed by atoms with Gasteiger partial charge in [-0.15, -0.1) is 0 Å². The van der Waals surface area contributed by atoms with E-state index in [1.165, 1.54) is 39.5 Å². The number of fused-ring (bicyclic) bond motifs is 1. The molecule has 9 heteroatoms. The number of ether oxygens (including phenoxy) is 2. The highest BCUT2D eigenvalue weighted by Gasteiger charge is 2.31. The Kier molecular flexibility index (Phi) is 4.20. The van der Waals surface area contributed by atoms with Crippen LogP contribution >= 0.6 is 0 Å². The van der Waals surface area contributed by atoms with Crippen LogP contribution in [0.5, 0.6) is 11.5 Å². The van der Waals surface area contributed by atoms with E-state index >= 15 is 0 Å². The molecule has 2 aliphatic rings. The van der Waals surface area contributed by atoms with Crippen molar-refractivity contribution in [2.45, 2.75) is 4.90 Å². The molecule has 0 unspecified atom stereocenters. The largest absolute Gasteiger partial charge is 0.454 e. The first-order valence-corrected chi connectivity index (χ1v) is 9.49. The second kappa shape index (κ2) is 6.40. The molecule has 0 spiro atoms. The summed E-state index contributed by atoms with van der Waals surface area (Å²) in [5.74, 6) is -0.420. The topological polar surface area (TPSA) is 59.1 Å². The quantitative estimate of drug-likeness (QED) is 0.815. The zero-order valence-electron chi connectivity index (χ0n) is 13.7. The number of para-hydroxylation sites is 1. The minimum absolute atomic E-state index is 0.0612. The summed E-state index contributed by atoms with van der Waals surface area (Å²) >= 11 is 0. The fraction of sp³-hybridized carbons (Fsp3) is 0.294. The molecule has 2 aliphatic heterocycles. The van der Waals surface area contributed by atoms with Gasteiger partial charge < -0.3 is 14.4 Å². The van der Waals surface area contributed by atoms with Crippen molar-refractivity contribution >= 4 is 15.7 Å². The van der Waals surface area contributed by atoms with Crippen LogP contribution < -0.4 is 14.4 Å². The molecular formula is C17H16F2N2O4S. The molecule has 0 aliphatic carbocycles. The van der Waals surface area contributed by atoms with E-state index in [4.69, 9.17) is 9.47 Å². The van der Waals surface area contributed by atoms with Crippen LogP contribution in [0, 0.1) is 11.6 Å². The average Bonchev–Trinajstić information content (AvgIpc) is 3.10. The van der Waals surface area contributed by atoms with Gasteiger partial charge in [-0.25, -0.2) is 17.2 Å². The molecule has 26 heavy (non-hydrogen) atoms. The van der Waals surface area contributed by atoms with Crippen LogP contribution in [0.4, 0.5) is 14.5 Å². The minimum atomic E-state index is -3.73. The molecule has 6 nitrogen and oxygen atoms in total. The lowest BCUT2D eigenvalue weighted by molar-refractivity contribution is 0.174. The third-order valence-corrected chi connectivity index (χ3v) is 6.37. The number of rotatable bonds is 3. The van der Waals surface area contributed by atoms with Gasteiger partial charge in [0.2, 0.25) is 16.8 Å². The summed E-state index contributed by atoms with van der Waals surface area (Å²) in [6.45, 7) is 0.712. The fourth-order valence-electron chi connectivity index (χ4n) is 3.13. The van der Waals surface area contributed by atoms with Crippen LogP contribution in [0.1, 0.15) is 0 Å². The van der Waals surface area contributed by atoms with Gasteiger partial charge >= 0.3 is 0 Å². The highest BCUT2D eigenvalue weighted by Crippen LogP contribution is 2.35. The first-order chi connectivity index (χ1) is 12.5. The van der Waals surface area contributed by atoms with E-state index in [2.05, 4.69) is 0 Å². The van der Waals surface area contributed by atoms with Crippen molar-refractivity contribution in [1.29, 1.82) is 0 Å². The van der Waals surface area contributed by atoms with Crippen molar-refractivity contribution < 1.29 is 26.7 Å². The van der Waals surface area contributed by atoms with Crippen molar-refractivity contribution in [2.24, 2.45) is 0 Å². The van der Waals surface area contributed by atoms with E-state index in [0.717, 1.165) is 0 Å². The molecule has 0 radical (unpaired) electrons. The Balaban J connectivity index is 1.52. The summed E-state index contributed by atoms with van der Waals surface area (Å²) in [5, 5.41) is 0. The number of hydrogen-bond acceptors (Lipinski definition) is 5. The number of piperazine rings is 1. The average molecular weight is 382 g/mol. The van der Waals surface area contributed by atoms with Crippen LogP contribution in [0.25, 0.3) is 0 Å². The molecule has 0 amide bonds. The summed E-state index contributed by atoms with van der Waals surface area (Å²) in [5.41, 5.74) is -0.118. The molecule has 4 rings (SSSR count). The Bertz CT molecular complexity index is 924. The maximum absolute atomic E-state index is 13.9. The molecule has 2 aromatic rings. The number of nitrogens with zero attached hydrogens (tertiary/aromatic N) is 2. The lowest BCUT2D eigenvalue weighted by atomic mass is 10.2. The maximum atomic E-state index is 13.9. The van der Waals surface area contributed by atoms with Crippen LogP contribution in [0.2, 0.25) is 0 Å². The molecule has 0 saturated carbocycles. The summed E-state index contributed by atoms with van der Waals surface area (Å²) < 4.78 is 65.2. The Morgan fingerprint density at radius 2 is 1.54 bits per heavy atom. The van der Waals surface area contributed by atoms with Gasteiger partial charge in [0, 0.05) is 32.2 Å². The molecule has 0 bridgehead atoms. The smallest absolute Gasteiger partial charge is 0.243 e. The van der Waals surface area contributed by atoms with Gasteiger partial charge in [-0.1, -0.05) is 6.07 Å². The zero-order valence-corrected chi connectivity index (χ0v) is 14.5. The third kappa shape index (κ3) is 2.86. The SMILES string of the molecule is O=S(=O)(c1ccc2c(c1)OCO2)N1CCN(c2c(F)cccc2F)CC1. The Hall–Kier alpha value is -2.39. The predicted molar refractivity (Wildman–Crippen MR) is 89.9 cm³/mol. The standard InChI is InChI=1S/C17H16F2N2O4S/c18-13-2-1-3-14(19)17(13)20-6-8-21(9-7-20)26(22,23)12-4-5-15-16(10-12)25-11-24-15/h1-5,10H,6-9,11H2. The molecule has 1 saturated heterocycles. The van der Waals surface area contributed by atoms with E-state index in [0.29, 0.717) is 11.5 Å².